The van der Waals surface area contributed by atoms with E-state index in [1.54, 1.807) is 13.0 Å². The van der Waals surface area contributed by atoms with Crippen molar-refractivity contribution in [1.82, 2.24) is 0 Å². The van der Waals surface area contributed by atoms with Gasteiger partial charge >= 0.3 is 11.9 Å². The number of rotatable bonds is 5. The quantitative estimate of drug-likeness (QED) is 0.187. The number of allylic oxidation sites excluding steroid dienone is 1. The van der Waals surface area contributed by atoms with Crippen LogP contribution in [0.15, 0.2) is 23.5 Å². The molecule has 27 heavy (non-hydrogen) atoms. The summed E-state index contributed by atoms with van der Waals surface area (Å²) in [6, 6.07) is 0. The molecule has 0 amide bonds. The van der Waals surface area contributed by atoms with Crippen molar-refractivity contribution in [3.63, 3.8) is 0 Å². The number of ether oxygens (including phenoxy) is 4. The first-order valence-electron chi connectivity index (χ1n) is 8.39. The Morgan fingerprint density at radius 1 is 1.26 bits per heavy atom. The van der Waals surface area contributed by atoms with Crippen molar-refractivity contribution in [3.05, 3.63) is 23.5 Å². The van der Waals surface area contributed by atoms with Gasteiger partial charge < -0.3 is 39.4 Å². The van der Waals surface area contributed by atoms with Crippen molar-refractivity contribution in [2.24, 2.45) is 5.92 Å². The maximum atomic E-state index is 12.2. The predicted molar refractivity (Wildman–Crippen MR) is 87.8 cm³/mol. The molecule has 0 aromatic heterocycles. The van der Waals surface area contributed by atoms with E-state index in [4.69, 9.17) is 18.9 Å². The van der Waals surface area contributed by atoms with Crippen LogP contribution >= 0.6 is 0 Å². The molecule has 2 fully saturated rings. The maximum Gasteiger partial charge on any atom is 0.337 e. The van der Waals surface area contributed by atoms with E-state index in [2.05, 4.69) is 0 Å². The van der Waals surface area contributed by atoms with Crippen molar-refractivity contribution < 1.29 is 49.0 Å². The van der Waals surface area contributed by atoms with Crippen LogP contribution < -0.4 is 0 Å². The third kappa shape index (κ3) is 4.66. The van der Waals surface area contributed by atoms with Crippen molar-refractivity contribution in [3.8, 4) is 0 Å². The summed E-state index contributed by atoms with van der Waals surface area (Å²) in [6.07, 6.45) is -4.78. The molecule has 0 saturated carbocycles. The zero-order chi connectivity index (χ0) is 20.1. The predicted octanol–water partition coefficient (Wildman–Crippen LogP) is -1.63. The minimum atomic E-state index is -1.63. The Labute approximate surface area is 155 Å². The molecule has 2 rings (SSSR count). The number of cyclic esters (lactones) is 1. The highest BCUT2D eigenvalue weighted by Crippen LogP contribution is 2.31. The molecule has 10 heteroatoms. The van der Waals surface area contributed by atoms with Crippen LogP contribution in [-0.4, -0.2) is 83.4 Å². The summed E-state index contributed by atoms with van der Waals surface area (Å²) in [5.41, 5.74) is 0.669. The Bertz CT molecular complexity index is 611. The van der Waals surface area contributed by atoms with Gasteiger partial charge in [0, 0.05) is 5.92 Å². The van der Waals surface area contributed by atoms with Crippen molar-refractivity contribution in [2.45, 2.75) is 44.1 Å². The molecule has 4 N–H and O–H groups in total. The van der Waals surface area contributed by atoms with E-state index in [9.17, 15) is 30.0 Å². The minimum absolute atomic E-state index is 0.000731. The van der Waals surface area contributed by atoms with E-state index >= 15 is 0 Å². The maximum absolute atomic E-state index is 12.2. The number of aliphatic hydroxyl groups excluding tert-OH is 4. The third-order valence-electron chi connectivity index (χ3n) is 4.56. The van der Waals surface area contributed by atoms with Crippen LogP contribution in [0.1, 0.15) is 13.3 Å². The van der Waals surface area contributed by atoms with E-state index < -0.39 is 55.2 Å². The lowest BCUT2D eigenvalue weighted by atomic mass is 9.87. The molecule has 0 radical (unpaired) electrons. The highest BCUT2D eigenvalue weighted by Gasteiger charge is 2.44. The third-order valence-corrected chi connectivity index (χ3v) is 4.56. The van der Waals surface area contributed by atoms with Crippen LogP contribution in [0.3, 0.4) is 0 Å². The van der Waals surface area contributed by atoms with Gasteiger partial charge in [-0.3, -0.25) is 4.79 Å². The van der Waals surface area contributed by atoms with Crippen molar-refractivity contribution >= 4 is 11.9 Å². The number of carbonyl (C=O) groups is 2. The van der Waals surface area contributed by atoms with Crippen LogP contribution in [-0.2, 0) is 28.5 Å². The molecule has 152 valence electrons. The zero-order valence-corrected chi connectivity index (χ0v) is 15.0. The molecule has 0 bridgehead atoms. The summed E-state index contributed by atoms with van der Waals surface area (Å²) in [5.74, 6) is -1.89. The molecule has 6 atom stereocenters. The summed E-state index contributed by atoms with van der Waals surface area (Å²) in [5, 5.41) is 38.8. The van der Waals surface area contributed by atoms with E-state index in [0.717, 1.165) is 6.26 Å². The molecule has 6 unspecified atom stereocenters. The molecule has 2 aliphatic rings. The second kappa shape index (κ2) is 9.29. The molecule has 0 spiro atoms. The number of carbonyl (C=O) groups excluding carboxylic acids is 2. The normalized spacial score (nSPS) is 36.3. The number of hydrogen-bond acceptors (Lipinski definition) is 10. The summed E-state index contributed by atoms with van der Waals surface area (Å²) >= 11 is 0. The van der Waals surface area contributed by atoms with Gasteiger partial charge in [0.2, 0.25) is 6.29 Å². The Hall–Kier alpha value is -1.98. The Balaban J connectivity index is 2.25. The first-order valence-corrected chi connectivity index (χ1v) is 8.39. The van der Waals surface area contributed by atoms with Gasteiger partial charge in [-0.1, -0.05) is 6.08 Å². The SMILES string of the molecule is CC=C1COC(=O)CC1C(=COC1OC(CO)C(O)C(O)C1O)C(=O)OC. The van der Waals surface area contributed by atoms with Crippen LogP contribution in [0, 0.1) is 5.92 Å². The lowest BCUT2D eigenvalue weighted by Gasteiger charge is -2.39. The monoisotopic (exact) mass is 388 g/mol. The number of esters is 2. The molecule has 2 saturated heterocycles. The van der Waals surface area contributed by atoms with Crippen LogP contribution in [0.2, 0.25) is 0 Å². The molecule has 0 aliphatic carbocycles. The second-order valence-corrected chi connectivity index (χ2v) is 6.18. The van der Waals surface area contributed by atoms with E-state index in [0.29, 0.717) is 5.57 Å². The molecule has 0 aromatic rings. The molecule has 0 aromatic carbocycles. The van der Waals surface area contributed by atoms with Gasteiger partial charge in [0.15, 0.2) is 0 Å². The fourth-order valence-corrected chi connectivity index (χ4v) is 2.93. The number of methoxy groups -OCH3 is 1. The van der Waals surface area contributed by atoms with Gasteiger partial charge in [0.05, 0.1) is 32.0 Å². The fourth-order valence-electron chi connectivity index (χ4n) is 2.93. The van der Waals surface area contributed by atoms with E-state index in [1.165, 1.54) is 7.11 Å². The summed E-state index contributed by atoms with van der Waals surface area (Å²) < 4.78 is 20.2. The lowest BCUT2D eigenvalue weighted by molar-refractivity contribution is -0.288. The first-order chi connectivity index (χ1) is 12.8. The Morgan fingerprint density at radius 3 is 2.56 bits per heavy atom. The molecular weight excluding hydrogens is 364 g/mol. The number of hydrogen-bond donors (Lipinski definition) is 4. The summed E-state index contributed by atoms with van der Waals surface area (Å²) in [6.45, 7) is 1.14. The standard InChI is InChI=1S/C17H24O10/c1-3-8-6-25-12(19)4-9(8)10(16(23)24-2)7-26-17-15(22)14(21)13(20)11(5-18)27-17/h3,7,9,11,13-15,17-18,20-22H,4-6H2,1-2H3. The highest BCUT2D eigenvalue weighted by molar-refractivity contribution is 5.90. The van der Waals surface area contributed by atoms with E-state index in [1.807, 2.05) is 0 Å². The first kappa shape index (κ1) is 21.3. The Morgan fingerprint density at radius 2 is 1.96 bits per heavy atom. The second-order valence-electron chi connectivity index (χ2n) is 6.18. The molecule has 2 aliphatic heterocycles. The smallest absolute Gasteiger partial charge is 0.337 e. The van der Waals surface area contributed by atoms with Gasteiger partial charge in [-0.05, 0) is 12.5 Å². The van der Waals surface area contributed by atoms with Crippen LogP contribution in [0.4, 0.5) is 0 Å². The average molecular weight is 388 g/mol. The van der Waals surface area contributed by atoms with Gasteiger partial charge in [-0.25, -0.2) is 4.79 Å². The number of aliphatic hydroxyl groups is 4. The molecular formula is C17H24O10. The molecule has 2 heterocycles. The lowest BCUT2D eigenvalue weighted by Crippen LogP contribution is -2.58. The van der Waals surface area contributed by atoms with Gasteiger partial charge in [-0.2, -0.15) is 0 Å². The fraction of sp³-hybridized carbons (Fsp3) is 0.647. The van der Waals surface area contributed by atoms with Gasteiger partial charge in [0.25, 0.3) is 0 Å². The largest absolute Gasteiger partial charge is 0.469 e. The summed E-state index contributed by atoms with van der Waals surface area (Å²) in [7, 11) is 1.17. The van der Waals surface area contributed by atoms with Gasteiger partial charge in [-0.15, -0.1) is 0 Å². The van der Waals surface area contributed by atoms with E-state index in [-0.39, 0.29) is 18.6 Å². The van der Waals surface area contributed by atoms with Crippen molar-refractivity contribution in [2.75, 3.05) is 20.3 Å². The zero-order valence-electron chi connectivity index (χ0n) is 15.0. The van der Waals surface area contributed by atoms with Crippen LogP contribution in [0.5, 0.6) is 0 Å². The van der Waals surface area contributed by atoms with Crippen LogP contribution in [0.25, 0.3) is 0 Å². The minimum Gasteiger partial charge on any atom is -0.469 e. The topological polar surface area (TPSA) is 152 Å². The summed E-state index contributed by atoms with van der Waals surface area (Å²) in [4.78, 5) is 23.8. The average Bonchev–Trinajstić information content (AvgIpc) is 2.67. The highest BCUT2D eigenvalue weighted by atomic mass is 16.7. The molecule has 10 nitrogen and oxygen atoms in total. The van der Waals surface area contributed by atoms with Crippen molar-refractivity contribution in [1.29, 1.82) is 0 Å². The van der Waals surface area contributed by atoms with Gasteiger partial charge in [0.1, 0.15) is 31.0 Å². The Kier molecular flexibility index (Phi) is 7.33.